The van der Waals surface area contributed by atoms with Gasteiger partial charge in [0.25, 0.3) is 0 Å². The molecule has 0 saturated carbocycles. The van der Waals surface area contributed by atoms with Gasteiger partial charge in [-0.05, 0) is 6.42 Å². The Kier molecular flexibility index (Phi) is 3.97. The second kappa shape index (κ2) is 4.57. The maximum Gasteiger partial charge on any atom is 0.324 e. The van der Waals surface area contributed by atoms with E-state index < -0.39 is 11.9 Å². The van der Waals surface area contributed by atoms with Gasteiger partial charge in [-0.2, -0.15) is 5.26 Å². The first kappa shape index (κ1) is 8.70. The maximum atomic E-state index is 10.2. The van der Waals surface area contributed by atoms with Crippen molar-refractivity contribution >= 4 is 5.97 Å². The van der Waals surface area contributed by atoms with Crippen LogP contribution in [0.2, 0.25) is 0 Å². The first-order chi connectivity index (χ1) is 4.72. The van der Waals surface area contributed by atoms with Crippen LogP contribution in [-0.2, 0) is 4.79 Å². The SMILES string of the molecule is CC/C=C/C(C#N)C(=O)O. The Morgan fingerprint density at radius 1 is 1.90 bits per heavy atom. The van der Waals surface area contributed by atoms with Crippen LogP contribution < -0.4 is 0 Å². The van der Waals surface area contributed by atoms with Gasteiger partial charge in [0.1, 0.15) is 0 Å². The molecular weight excluding hydrogens is 130 g/mol. The molecule has 3 nitrogen and oxygen atoms in total. The molecule has 1 atom stereocenters. The molecule has 0 aliphatic carbocycles. The number of nitriles is 1. The zero-order valence-corrected chi connectivity index (χ0v) is 5.74. The fourth-order valence-corrected chi connectivity index (χ4v) is 0.453. The van der Waals surface area contributed by atoms with Crippen molar-refractivity contribution in [2.24, 2.45) is 5.92 Å². The van der Waals surface area contributed by atoms with Gasteiger partial charge in [0.15, 0.2) is 5.92 Å². The average molecular weight is 139 g/mol. The van der Waals surface area contributed by atoms with Crippen molar-refractivity contribution in [1.29, 1.82) is 5.26 Å². The van der Waals surface area contributed by atoms with E-state index in [0.717, 1.165) is 6.42 Å². The third-order valence-corrected chi connectivity index (χ3v) is 0.969. The van der Waals surface area contributed by atoms with Crippen molar-refractivity contribution in [3.05, 3.63) is 12.2 Å². The summed E-state index contributed by atoms with van der Waals surface area (Å²) in [6, 6.07) is 1.65. The van der Waals surface area contributed by atoms with Crippen molar-refractivity contribution in [2.45, 2.75) is 13.3 Å². The minimum absolute atomic E-state index is 0.755. The third-order valence-electron chi connectivity index (χ3n) is 0.969. The molecule has 0 rings (SSSR count). The zero-order chi connectivity index (χ0) is 7.98. The summed E-state index contributed by atoms with van der Waals surface area (Å²) in [5.74, 6) is -2.08. The monoisotopic (exact) mass is 139 g/mol. The summed E-state index contributed by atoms with van der Waals surface area (Å²) in [5, 5.41) is 16.6. The summed E-state index contributed by atoms with van der Waals surface area (Å²) < 4.78 is 0. The van der Waals surface area contributed by atoms with Crippen LogP contribution in [-0.4, -0.2) is 11.1 Å². The number of aliphatic carboxylic acids is 1. The van der Waals surface area contributed by atoms with Crippen molar-refractivity contribution in [1.82, 2.24) is 0 Å². The molecule has 0 fully saturated rings. The molecule has 1 N–H and O–H groups in total. The van der Waals surface area contributed by atoms with Crippen LogP contribution in [0.25, 0.3) is 0 Å². The molecular formula is C7H9NO2. The van der Waals surface area contributed by atoms with Gasteiger partial charge < -0.3 is 5.11 Å². The molecule has 0 radical (unpaired) electrons. The number of hydrogen-bond donors (Lipinski definition) is 1. The Labute approximate surface area is 59.6 Å². The largest absolute Gasteiger partial charge is 0.480 e. The highest BCUT2D eigenvalue weighted by atomic mass is 16.4. The van der Waals surface area contributed by atoms with Gasteiger partial charge in [-0.25, -0.2) is 0 Å². The Morgan fingerprint density at radius 3 is 2.80 bits per heavy atom. The molecule has 0 aliphatic heterocycles. The number of rotatable bonds is 3. The van der Waals surface area contributed by atoms with E-state index in [1.165, 1.54) is 6.08 Å². The smallest absolute Gasteiger partial charge is 0.324 e. The van der Waals surface area contributed by atoms with Crippen molar-refractivity contribution in [3.8, 4) is 6.07 Å². The lowest BCUT2D eigenvalue weighted by molar-refractivity contribution is -0.138. The van der Waals surface area contributed by atoms with Crippen LogP contribution in [0.15, 0.2) is 12.2 Å². The summed E-state index contributed by atoms with van der Waals surface area (Å²) in [4.78, 5) is 10.2. The van der Waals surface area contributed by atoms with Crippen molar-refractivity contribution in [2.75, 3.05) is 0 Å². The van der Waals surface area contributed by atoms with E-state index in [1.54, 1.807) is 12.1 Å². The van der Waals surface area contributed by atoms with Crippen molar-refractivity contribution < 1.29 is 9.90 Å². The molecule has 0 aromatic carbocycles. The van der Waals surface area contributed by atoms with Crippen molar-refractivity contribution in [3.63, 3.8) is 0 Å². The molecule has 0 heterocycles. The highest BCUT2D eigenvalue weighted by Crippen LogP contribution is 1.97. The minimum Gasteiger partial charge on any atom is -0.480 e. The molecule has 0 bridgehead atoms. The molecule has 0 aliphatic rings. The predicted octanol–water partition coefficient (Wildman–Crippen LogP) is 1.18. The number of hydrogen-bond acceptors (Lipinski definition) is 2. The van der Waals surface area contributed by atoms with Crippen LogP contribution in [0.4, 0.5) is 0 Å². The predicted molar refractivity (Wildman–Crippen MR) is 36.2 cm³/mol. The van der Waals surface area contributed by atoms with E-state index in [1.807, 2.05) is 6.92 Å². The minimum atomic E-state index is -1.09. The normalized spacial score (nSPS) is 12.8. The molecule has 0 spiro atoms. The van der Waals surface area contributed by atoms with E-state index in [2.05, 4.69) is 0 Å². The van der Waals surface area contributed by atoms with E-state index in [9.17, 15) is 4.79 Å². The average Bonchev–Trinajstić information content (AvgIpc) is 1.89. The van der Waals surface area contributed by atoms with Crippen LogP contribution in [0.3, 0.4) is 0 Å². The second-order valence-corrected chi connectivity index (χ2v) is 1.78. The Balaban J connectivity index is 3.99. The van der Waals surface area contributed by atoms with E-state index in [-0.39, 0.29) is 0 Å². The lowest BCUT2D eigenvalue weighted by Crippen LogP contribution is -2.07. The highest BCUT2D eigenvalue weighted by molar-refractivity contribution is 5.75. The van der Waals surface area contributed by atoms with Crippen LogP contribution >= 0.6 is 0 Å². The number of carboxylic acid groups (broad SMARTS) is 1. The van der Waals surface area contributed by atoms with Gasteiger partial charge in [-0.1, -0.05) is 19.1 Å². The first-order valence-corrected chi connectivity index (χ1v) is 3.01. The molecule has 10 heavy (non-hydrogen) atoms. The number of allylic oxidation sites excluding steroid dienone is 1. The Morgan fingerprint density at radius 2 is 2.50 bits per heavy atom. The van der Waals surface area contributed by atoms with Gasteiger partial charge >= 0.3 is 5.97 Å². The Hall–Kier alpha value is -1.30. The zero-order valence-electron chi connectivity index (χ0n) is 5.74. The molecule has 0 aromatic heterocycles. The van der Waals surface area contributed by atoms with Gasteiger partial charge in [0.05, 0.1) is 6.07 Å². The number of nitrogens with zero attached hydrogens (tertiary/aromatic N) is 1. The van der Waals surface area contributed by atoms with Gasteiger partial charge in [0, 0.05) is 0 Å². The summed E-state index contributed by atoms with van der Waals surface area (Å²) in [5.41, 5.74) is 0. The number of carbonyl (C=O) groups is 1. The lowest BCUT2D eigenvalue weighted by Gasteiger charge is -1.91. The molecule has 3 heteroatoms. The molecule has 0 amide bonds. The second-order valence-electron chi connectivity index (χ2n) is 1.78. The van der Waals surface area contributed by atoms with Crippen LogP contribution in [0.5, 0.6) is 0 Å². The number of carboxylic acids is 1. The lowest BCUT2D eigenvalue weighted by atomic mass is 10.1. The molecule has 0 saturated heterocycles. The highest BCUT2D eigenvalue weighted by Gasteiger charge is 2.10. The summed E-state index contributed by atoms with van der Waals surface area (Å²) >= 11 is 0. The standard InChI is InChI=1S/C7H9NO2/c1-2-3-4-6(5-8)7(9)10/h3-4,6H,2H2,1H3,(H,9,10)/b4-3+. The fourth-order valence-electron chi connectivity index (χ4n) is 0.453. The molecule has 0 aromatic rings. The quantitative estimate of drug-likeness (QED) is 0.597. The van der Waals surface area contributed by atoms with Gasteiger partial charge in [0.2, 0.25) is 0 Å². The van der Waals surface area contributed by atoms with Gasteiger partial charge in [-0.3, -0.25) is 4.79 Å². The van der Waals surface area contributed by atoms with E-state index in [0.29, 0.717) is 0 Å². The summed E-state index contributed by atoms with van der Waals surface area (Å²) in [6.45, 7) is 1.88. The third kappa shape index (κ3) is 2.88. The van der Waals surface area contributed by atoms with E-state index in [4.69, 9.17) is 10.4 Å². The fraction of sp³-hybridized carbons (Fsp3) is 0.429. The first-order valence-electron chi connectivity index (χ1n) is 3.01. The van der Waals surface area contributed by atoms with Crippen LogP contribution in [0.1, 0.15) is 13.3 Å². The van der Waals surface area contributed by atoms with E-state index >= 15 is 0 Å². The Bertz CT molecular complexity index is 179. The van der Waals surface area contributed by atoms with Crippen LogP contribution in [0, 0.1) is 17.2 Å². The summed E-state index contributed by atoms with van der Waals surface area (Å²) in [6.07, 6.45) is 3.82. The molecule has 54 valence electrons. The topological polar surface area (TPSA) is 61.1 Å². The maximum absolute atomic E-state index is 10.2. The van der Waals surface area contributed by atoms with Gasteiger partial charge in [-0.15, -0.1) is 0 Å². The summed E-state index contributed by atoms with van der Waals surface area (Å²) in [7, 11) is 0. The molecule has 1 unspecified atom stereocenters.